The maximum Gasteiger partial charge on any atom is 0.307 e. The van der Waals surface area contributed by atoms with E-state index in [2.05, 4.69) is 4.74 Å². The summed E-state index contributed by atoms with van der Waals surface area (Å²) < 4.78 is 9.97. The number of nitrogens with zero attached hydrogens (tertiary/aromatic N) is 1. The molecular weight excluding hydrogens is 290 g/mol. The summed E-state index contributed by atoms with van der Waals surface area (Å²) in [5, 5.41) is 8.78. The van der Waals surface area contributed by atoms with Gasteiger partial charge in [0.2, 0.25) is 0 Å². The molecule has 7 nitrogen and oxygen atoms in total. The summed E-state index contributed by atoms with van der Waals surface area (Å²) >= 11 is 0. The summed E-state index contributed by atoms with van der Waals surface area (Å²) in [7, 11) is 6.85. The van der Waals surface area contributed by atoms with Gasteiger partial charge in [0.25, 0.3) is 0 Å². The first kappa shape index (κ1) is 21.0. The summed E-state index contributed by atoms with van der Waals surface area (Å²) in [5.74, 6) is -2.12. The molecule has 0 spiro atoms. The molecular formula is C12H22ClNO6. The number of ether oxygens (including phenoxy) is 2. The van der Waals surface area contributed by atoms with Crippen molar-refractivity contribution in [2.75, 3.05) is 34.8 Å². The number of hydrogen-bond acceptors (Lipinski definition) is 5. The molecule has 0 saturated heterocycles. The number of carboxylic acid groups (broad SMARTS) is 1. The molecule has 1 unspecified atom stereocenters. The van der Waals surface area contributed by atoms with Crippen molar-refractivity contribution in [3.05, 3.63) is 0 Å². The van der Waals surface area contributed by atoms with Gasteiger partial charge in [-0.1, -0.05) is 0 Å². The Morgan fingerprint density at radius 2 is 1.60 bits per heavy atom. The van der Waals surface area contributed by atoms with Gasteiger partial charge in [-0.25, -0.2) is 0 Å². The van der Waals surface area contributed by atoms with E-state index in [1.165, 1.54) is 7.11 Å². The minimum Gasteiger partial charge on any atom is -1.00 e. The number of esters is 2. The maximum absolute atomic E-state index is 11.5. The molecule has 0 aromatic heterocycles. The number of quaternary nitrogens is 1. The number of aliphatic carboxylic acids is 1. The van der Waals surface area contributed by atoms with Gasteiger partial charge in [-0.05, 0) is 0 Å². The predicted molar refractivity (Wildman–Crippen MR) is 66.3 cm³/mol. The first-order valence-corrected chi connectivity index (χ1v) is 5.92. The third kappa shape index (κ3) is 11.7. The Kier molecular flexibility index (Phi) is 10.0. The molecule has 0 saturated carbocycles. The Hall–Kier alpha value is -1.34. The number of halogens is 1. The Morgan fingerprint density at radius 1 is 1.10 bits per heavy atom. The Balaban J connectivity index is 0. The van der Waals surface area contributed by atoms with Gasteiger partial charge < -0.3 is 31.5 Å². The second kappa shape index (κ2) is 9.55. The van der Waals surface area contributed by atoms with Crippen molar-refractivity contribution in [2.45, 2.75) is 25.4 Å². The number of carbonyl (C=O) groups is 3. The fourth-order valence-electron chi connectivity index (χ4n) is 1.50. The van der Waals surface area contributed by atoms with Crippen LogP contribution >= 0.6 is 0 Å². The van der Waals surface area contributed by atoms with Crippen LogP contribution in [0.2, 0.25) is 0 Å². The molecule has 0 aliphatic rings. The van der Waals surface area contributed by atoms with Crippen LogP contribution in [-0.4, -0.2) is 68.4 Å². The third-order valence-corrected chi connectivity index (χ3v) is 2.21. The van der Waals surface area contributed by atoms with Crippen LogP contribution < -0.4 is 12.4 Å². The molecule has 8 heteroatoms. The fraction of sp³-hybridized carbons (Fsp3) is 0.750. The summed E-state index contributed by atoms with van der Waals surface area (Å²) in [6.07, 6.45) is -1.14. The Labute approximate surface area is 124 Å². The van der Waals surface area contributed by atoms with E-state index in [0.29, 0.717) is 11.0 Å². The number of rotatable bonds is 8. The molecule has 0 aliphatic carbocycles. The molecule has 20 heavy (non-hydrogen) atoms. The average Bonchev–Trinajstić information content (AvgIpc) is 2.22. The lowest BCUT2D eigenvalue weighted by Gasteiger charge is -2.28. The molecule has 0 rings (SSSR count). The van der Waals surface area contributed by atoms with E-state index >= 15 is 0 Å². The van der Waals surface area contributed by atoms with Gasteiger partial charge in [0, 0.05) is 0 Å². The van der Waals surface area contributed by atoms with Crippen molar-refractivity contribution >= 4 is 17.9 Å². The highest BCUT2D eigenvalue weighted by Gasteiger charge is 2.24. The van der Waals surface area contributed by atoms with E-state index in [0.717, 1.165) is 0 Å². The molecule has 0 amide bonds. The topological polar surface area (TPSA) is 89.9 Å². The van der Waals surface area contributed by atoms with Gasteiger partial charge in [0.15, 0.2) is 6.10 Å². The summed E-state index contributed by atoms with van der Waals surface area (Å²) in [6.45, 7) is 0.385. The van der Waals surface area contributed by atoms with Crippen LogP contribution in [-0.2, 0) is 23.9 Å². The largest absolute Gasteiger partial charge is 1.00 e. The van der Waals surface area contributed by atoms with Crippen LogP contribution in [0.1, 0.15) is 19.3 Å². The summed E-state index contributed by atoms with van der Waals surface area (Å²) in [4.78, 5) is 33.1. The maximum atomic E-state index is 11.5. The van der Waals surface area contributed by atoms with Gasteiger partial charge in [-0.3, -0.25) is 14.4 Å². The SMILES string of the molecule is COC(=O)CCC(=O)OC(CC(=O)O)C[N+](C)(C)C.[Cl-]. The lowest BCUT2D eigenvalue weighted by atomic mass is 10.2. The van der Waals surface area contributed by atoms with Gasteiger partial charge in [-0.2, -0.15) is 0 Å². The van der Waals surface area contributed by atoms with Gasteiger partial charge in [-0.15, -0.1) is 0 Å². The third-order valence-electron chi connectivity index (χ3n) is 2.21. The van der Waals surface area contributed by atoms with Crippen LogP contribution in [0.4, 0.5) is 0 Å². The fourth-order valence-corrected chi connectivity index (χ4v) is 1.50. The molecule has 0 aromatic rings. The van der Waals surface area contributed by atoms with E-state index < -0.39 is 24.0 Å². The standard InChI is InChI=1S/C12H21NO6.ClH/c1-13(2,3)8-9(7-10(14)15)19-12(17)6-5-11(16)18-4;/h9H,5-8H2,1-4H3;1H. The quantitative estimate of drug-likeness (QED) is 0.380. The van der Waals surface area contributed by atoms with Crippen LogP contribution in [0.25, 0.3) is 0 Å². The normalized spacial score (nSPS) is 12.0. The molecule has 0 bridgehead atoms. The lowest BCUT2D eigenvalue weighted by molar-refractivity contribution is -0.873. The minimum atomic E-state index is -1.03. The second-order valence-electron chi connectivity index (χ2n) is 5.26. The summed E-state index contributed by atoms with van der Waals surface area (Å²) in [6, 6.07) is 0. The van der Waals surface area contributed by atoms with Gasteiger partial charge in [0.1, 0.15) is 6.54 Å². The molecule has 0 heterocycles. The first-order chi connectivity index (χ1) is 8.64. The second-order valence-corrected chi connectivity index (χ2v) is 5.26. The average molecular weight is 312 g/mol. The van der Waals surface area contributed by atoms with Crippen LogP contribution in [0, 0.1) is 0 Å². The molecule has 0 aliphatic heterocycles. The zero-order chi connectivity index (χ0) is 15.1. The molecule has 1 atom stereocenters. The van der Waals surface area contributed by atoms with Crippen molar-refractivity contribution in [1.82, 2.24) is 0 Å². The lowest BCUT2D eigenvalue weighted by Crippen LogP contribution is -3.00. The van der Waals surface area contributed by atoms with Crippen LogP contribution in [0.5, 0.6) is 0 Å². The molecule has 1 N–H and O–H groups in total. The number of likely N-dealkylation sites (N-methyl/N-ethyl adjacent to an activating group) is 1. The smallest absolute Gasteiger partial charge is 0.307 e. The van der Waals surface area contributed by atoms with E-state index in [4.69, 9.17) is 9.84 Å². The molecule has 0 aromatic carbocycles. The van der Waals surface area contributed by atoms with Crippen molar-refractivity contribution in [3.63, 3.8) is 0 Å². The highest BCUT2D eigenvalue weighted by atomic mass is 35.5. The van der Waals surface area contributed by atoms with E-state index in [1.54, 1.807) is 0 Å². The van der Waals surface area contributed by atoms with Gasteiger partial charge >= 0.3 is 17.9 Å². The summed E-state index contributed by atoms with van der Waals surface area (Å²) in [5.41, 5.74) is 0. The molecule has 118 valence electrons. The van der Waals surface area contributed by atoms with Gasteiger partial charge in [0.05, 0.1) is 47.5 Å². The minimum absolute atomic E-state index is 0. The van der Waals surface area contributed by atoms with Crippen molar-refractivity contribution < 1.29 is 45.9 Å². The first-order valence-electron chi connectivity index (χ1n) is 5.92. The van der Waals surface area contributed by atoms with Crippen LogP contribution in [0.15, 0.2) is 0 Å². The van der Waals surface area contributed by atoms with E-state index in [9.17, 15) is 14.4 Å². The van der Waals surface area contributed by atoms with Crippen LogP contribution in [0.3, 0.4) is 0 Å². The predicted octanol–water partition coefficient (Wildman–Crippen LogP) is -2.96. The molecule has 0 fully saturated rings. The van der Waals surface area contributed by atoms with Crippen molar-refractivity contribution in [1.29, 1.82) is 0 Å². The number of carbonyl (C=O) groups excluding carboxylic acids is 2. The molecule has 0 radical (unpaired) electrons. The van der Waals surface area contributed by atoms with E-state index in [1.807, 2.05) is 21.1 Å². The zero-order valence-electron chi connectivity index (χ0n) is 12.2. The highest BCUT2D eigenvalue weighted by Crippen LogP contribution is 2.07. The zero-order valence-corrected chi connectivity index (χ0v) is 13.0. The van der Waals surface area contributed by atoms with Crippen molar-refractivity contribution in [2.24, 2.45) is 0 Å². The monoisotopic (exact) mass is 311 g/mol. The Bertz CT molecular complexity index is 339. The number of methoxy groups -OCH3 is 1. The highest BCUT2D eigenvalue weighted by molar-refractivity contribution is 5.78. The number of carboxylic acids is 1. The Morgan fingerprint density at radius 3 is 2.00 bits per heavy atom. The number of hydrogen-bond donors (Lipinski definition) is 1. The van der Waals surface area contributed by atoms with Crippen molar-refractivity contribution in [3.8, 4) is 0 Å². The van der Waals surface area contributed by atoms with E-state index in [-0.39, 0.29) is 31.7 Å².